The third-order valence-electron chi connectivity index (χ3n) is 5.76. The number of piperidine rings is 1. The molecule has 1 aliphatic heterocycles. The predicted molar refractivity (Wildman–Crippen MR) is 124 cm³/mol. The quantitative estimate of drug-likeness (QED) is 0.426. The molecule has 0 aliphatic carbocycles. The van der Waals surface area contributed by atoms with Crippen LogP contribution in [0.15, 0.2) is 79.5 Å². The molecular weight excluding hydrogens is 433 g/mol. The molecule has 1 aromatic carbocycles. The average molecular weight is 455 g/mol. The molecule has 5 rings (SSSR count). The van der Waals surface area contributed by atoms with Crippen LogP contribution in [0.25, 0.3) is 11.3 Å². The SMILES string of the molecule is O=C(c1ccc(-c2cncnc2)nc1)N1CCC[C@@H](c2cccc(Oc3cccc(F)c3)n2)C1. The first kappa shape index (κ1) is 21.6. The molecule has 1 amide bonds. The van der Waals surface area contributed by atoms with E-state index in [0.29, 0.717) is 36.0 Å². The summed E-state index contributed by atoms with van der Waals surface area (Å²) < 4.78 is 19.2. The topological polar surface area (TPSA) is 81.1 Å². The van der Waals surface area contributed by atoms with Crippen LogP contribution in [0.2, 0.25) is 0 Å². The van der Waals surface area contributed by atoms with Gasteiger partial charge in [0.2, 0.25) is 5.88 Å². The Morgan fingerprint density at radius 2 is 1.88 bits per heavy atom. The molecule has 0 saturated carbocycles. The lowest BCUT2D eigenvalue weighted by Crippen LogP contribution is -2.39. The van der Waals surface area contributed by atoms with E-state index in [9.17, 15) is 9.18 Å². The number of carbonyl (C=O) groups is 1. The summed E-state index contributed by atoms with van der Waals surface area (Å²) in [5.74, 6) is 0.455. The van der Waals surface area contributed by atoms with Gasteiger partial charge in [0, 0.05) is 61.0 Å². The first-order valence-electron chi connectivity index (χ1n) is 11.1. The lowest BCUT2D eigenvalue weighted by atomic mass is 9.94. The number of ether oxygens (including phenoxy) is 1. The molecule has 4 heterocycles. The van der Waals surface area contributed by atoms with Crippen molar-refractivity contribution in [1.29, 1.82) is 0 Å². The number of nitrogens with zero attached hydrogens (tertiary/aromatic N) is 5. The van der Waals surface area contributed by atoms with E-state index in [-0.39, 0.29) is 17.6 Å². The second kappa shape index (κ2) is 9.74. The van der Waals surface area contributed by atoms with Crippen LogP contribution in [0.4, 0.5) is 4.39 Å². The second-order valence-electron chi connectivity index (χ2n) is 8.11. The molecule has 1 saturated heterocycles. The number of carbonyl (C=O) groups excluding carboxylic acids is 1. The molecule has 0 unspecified atom stereocenters. The number of pyridine rings is 2. The average Bonchev–Trinajstić information content (AvgIpc) is 2.89. The molecule has 0 spiro atoms. The number of amides is 1. The maximum absolute atomic E-state index is 13.5. The highest BCUT2D eigenvalue weighted by Crippen LogP contribution is 2.29. The Hall–Kier alpha value is -4.20. The van der Waals surface area contributed by atoms with E-state index in [0.717, 1.165) is 24.1 Å². The van der Waals surface area contributed by atoms with Crippen molar-refractivity contribution >= 4 is 5.91 Å². The van der Waals surface area contributed by atoms with Crippen molar-refractivity contribution in [1.82, 2.24) is 24.8 Å². The van der Waals surface area contributed by atoms with Gasteiger partial charge in [0.25, 0.3) is 5.91 Å². The summed E-state index contributed by atoms with van der Waals surface area (Å²) in [5.41, 5.74) is 2.90. The molecule has 34 heavy (non-hydrogen) atoms. The monoisotopic (exact) mass is 455 g/mol. The lowest BCUT2D eigenvalue weighted by molar-refractivity contribution is 0.0705. The van der Waals surface area contributed by atoms with Crippen molar-refractivity contribution in [2.45, 2.75) is 18.8 Å². The summed E-state index contributed by atoms with van der Waals surface area (Å²) in [5, 5.41) is 0. The summed E-state index contributed by atoms with van der Waals surface area (Å²) in [6.45, 7) is 1.24. The fraction of sp³-hybridized carbons (Fsp3) is 0.192. The maximum Gasteiger partial charge on any atom is 0.255 e. The van der Waals surface area contributed by atoms with E-state index in [1.165, 1.54) is 18.5 Å². The number of likely N-dealkylation sites (tertiary alicyclic amines) is 1. The Morgan fingerprint density at radius 3 is 2.68 bits per heavy atom. The molecule has 7 nitrogen and oxygen atoms in total. The van der Waals surface area contributed by atoms with Crippen LogP contribution in [0.5, 0.6) is 11.6 Å². The zero-order chi connectivity index (χ0) is 23.3. The van der Waals surface area contributed by atoms with E-state index in [4.69, 9.17) is 4.74 Å². The van der Waals surface area contributed by atoms with Gasteiger partial charge in [-0.05, 0) is 43.2 Å². The van der Waals surface area contributed by atoms with Crippen molar-refractivity contribution in [2.75, 3.05) is 13.1 Å². The molecule has 1 fully saturated rings. The smallest absolute Gasteiger partial charge is 0.255 e. The highest BCUT2D eigenvalue weighted by atomic mass is 19.1. The summed E-state index contributed by atoms with van der Waals surface area (Å²) in [6, 6.07) is 15.1. The van der Waals surface area contributed by atoms with Gasteiger partial charge in [-0.3, -0.25) is 9.78 Å². The van der Waals surface area contributed by atoms with E-state index >= 15 is 0 Å². The first-order valence-corrected chi connectivity index (χ1v) is 11.1. The van der Waals surface area contributed by atoms with Crippen molar-refractivity contribution in [3.63, 3.8) is 0 Å². The van der Waals surface area contributed by atoms with Gasteiger partial charge in [-0.25, -0.2) is 19.3 Å². The molecule has 1 aliphatic rings. The van der Waals surface area contributed by atoms with E-state index in [1.807, 2.05) is 23.1 Å². The Bertz CT molecular complexity index is 1280. The number of rotatable bonds is 5. The van der Waals surface area contributed by atoms with Gasteiger partial charge in [0.15, 0.2) is 0 Å². The standard InChI is InChI=1S/C26H22FN5O2/c27-21-5-1-6-22(12-21)34-25-8-2-7-24(31-25)19-4-3-11-32(16-19)26(33)18-9-10-23(30-15-18)20-13-28-17-29-14-20/h1-2,5-10,12-15,17,19H,3-4,11,16H2/t19-/m1/s1. The van der Waals surface area contributed by atoms with Gasteiger partial charge in [0.1, 0.15) is 17.9 Å². The van der Waals surface area contributed by atoms with Crippen LogP contribution in [-0.2, 0) is 0 Å². The highest BCUT2D eigenvalue weighted by Gasteiger charge is 2.27. The zero-order valence-electron chi connectivity index (χ0n) is 18.3. The van der Waals surface area contributed by atoms with Crippen molar-refractivity contribution in [3.8, 4) is 22.9 Å². The second-order valence-corrected chi connectivity index (χ2v) is 8.11. The summed E-state index contributed by atoms with van der Waals surface area (Å²) >= 11 is 0. The van der Waals surface area contributed by atoms with Crippen LogP contribution >= 0.6 is 0 Å². The van der Waals surface area contributed by atoms with Crippen LogP contribution < -0.4 is 4.74 Å². The summed E-state index contributed by atoms with van der Waals surface area (Å²) in [7, 11) is 0. The first-order chi connectivity index (χ1) is 16.7. The Kier molecular flexibility index (Phi) is 6.20. The van der Waals surface area contributed by atoms with Crippen LogP contribution in [-0.4, -0.2) is 43.8 Å². The van der Waals surface area contributed by atoms with Crippen LogP contribution in [0.1, 0.15) is 34.8 Å². The van der Waals surface area contributed by atoms with Crippen molar-refractivity contribution in [2.24, 2.45) is 0 Å². The van der Waals surface area contributed by atoms with E-state index in [2.05, 4.69) is 19.9 Å². The molecule has 4 aromatic rings. The number of aromatic nitrogens is 4. The number of benzene rings is 1. The molecule has 1 atom stereocenters. The zero-order valence-corrected chi connectivity index (χ0v) is 18.3. The largest absolute Gasteiger partial charge is 0.439 e. The predicted octanol–water partition coefficient (Wildman–Crippen LogP) is 4.88. The maximum atomic E-state index is 13.5. The molecule has 8 heteroatoms. The van der Waals surface area contributed by atoms with Gasteiger partial charge in [-0.1, -0.05) is 12.1 Å². The van der Waals surface area contributed by atoms with Gasteiger partial charge in [-0.15, -0.1) is 0 Å². The van der Waals surface area contributed by atoms with E-state index in [1.54, 1.807) is 42.9 Å². The minimum atomic E-state index is -0.366. The van der Waals surface area contributed by atoms with Gasteiger partial charge in [0.05, 0.1) is 11.3 Å². The number of hydrogen-bond donors (Lipinski definition) is 0. The van der Waals surface area contributed by atoms with Crippen molar-refractivity contribution in [3.05, 3.63) is 96.6 Å². The third-order valence-corrected chi connectivity index (χ3v) is 5.76. The van der Waals surface area contributed by atoms with E-state index < -0.39 is 0 Å². The number of hydrogen-bond acceptors (Lipinski definition) is 6. The lowest BCUT2D eigenvalue weighted by Gasteiger charge is -2.32. The minimum absolute atomic E-state index is 0.0553. The fourth-order valence-electron chi connectivity index (χ4n) is 4.07. The molecule has 3 aromatic heterocycles. The Morgan fingerprint density at radius 1 is 1.03 bits per heavy atom. The number of halogens is 1. The third kappa shape index (κ3) is 4.91. The summed E-state index contributed by atoms with van der Waals surface area (Å²) in [4.78, 5) is 32.0. The van der Waals surface area contributed by atoms with Crippen LogP contribution in [0, 0.1) is 5.82 Å². The molecular formula is C26H22FN5O2. The Labute approximate surface area is 196 Å². The minimum Gasteiger partial charge on any atom is -0.439 e. The summed E-state index contributed by atoms with van der Waals surface area (Å²) in [6.07, 6.45) is 8.23. The van der Waals surface area contributed by atoms with Gasteiger partial charge < -0.3 is 9.64 Å². The molecule has 0 radical (unpaired) electrons. The molecule has 0 N–H and O–H groups in total. The van der Waals surface area contributed by atoms with Crippen LogP contribution in [0.3, 0.4) is 0 Å². The fourth-order valence-corrected chi connectivity index (χ4v) is 4.07. The molecule has 170 valence electrons. The van der Waals surface area contributed by atoms with Crippen molar-refractivity contribution < 1.29 is 13.9 Å². The van der Waals surface area contributed by atoms with Gasteiger partial charge in [-0.2, -0.15) is 0 Å². The normalized spacial score (nSPS) is 15.7. The van der Waals surface area contributed by atoms with Gasteiger partial charge >= 0.3 is 0 Å². The highest BCUT2D eigenvalue weighted by molar-refractivity contribution is 5.94. The molecule has 0 bridgehead atoms. The Balaban J connectivity index is 1.28.